The van der Waals surface area contributed by atoms with Gasteiger partial charge in [0.1, 0.15) is 17.8 Å². The molecule has 3 aromatic rings. The van der Waals surface area contributed by atoms with E-state index in [1.165, 1.54) is 11.7 Å². The van der Waals surface area contributed by atoms with Crippen LogP contribution in [-0.4, -0.2) is 45.3 Å². The molecule has 10 nitrogen and oxygen atoms in total. The van der Waals surface area contributed by atoms with Gasteiger partial charge in [-0.2, -0.15) is 0 Å². The van der Waals surface area contributed by atoms with E-state index in [4.69, 9.17) is 9.72 Å². The van der Waals surface area contributed by atoms with Crippen molar-refractivity contribution in [2.75, 3.05) is 12.0 Å². The van der Waals surface area contributed by atoms with Crippen molar-refractivity contribution in [1.29, 1.82) is 0 Å². The molecule has 6 rings (SSSR count). The number of aliphatic hydroxyl groups is 1. The molecule has 0 unspecified atom stereocenters. The van der Waals surface area contributed by atoms with Gasteiger partial charge in [0.25, 0.3) is 5.56 Å². The first kappa shape index (κ1) is 24.7. The number of benzene rings is 2. The second-order valence-corrected chi connectivity index (χ2v) is 11.2. The van der Waals surface area contributed by atoms with Gasteiger partial charge >= 0.3 is 0 Å². The first-order chi connectivity index (χ1) is 18.0. The van der Waals surface area contributed by atoms with Crippen LogP contribution in [0.4, 0.5) is 5.69 Å². The number of anilines is 1. The highest BCUT2D eigenvalue weighted by molar-refractivity contribution is 6.05. The number of carbonyl (C=O) groups is 2. The second-order valence-electron chi connectivity index (χ2n) is 11.2. The van der Waals surface area contributed by atoms with Crippen LogP contribution < -0.4 is 21.1 Å². The van der Waals surface area contributed by atoms with Crippen LogP contribution in [0.3, 0.4) is 0 Å². The zero-order valence-electron chi connectivity index (χ0n) is 22.0. The Morgan fingerprint density at radius 3 is 2.47 bits per heavy atom. The van der Waals surface area contributed by atoms with Gasteiger partial charge in [-0.1, -0.05) is 44.2 Å². The van der Waals surface area contributed by atoms with E-state index < -0.39 is 40.5 Å². The Morgan fingerprint density at radius 1 is 1.08 bits per heavy atom. The van der Waals surface area contributed by atoms with Gasteiger partial charge in [-0.05, 0) is 32.0 Å². The molecule has 0 spiro atoms. The van der Waals surface area contributed by atoms with Gasteiger partial charge in [0.05, 0.1) is 22.1 Å². The molecule has 0 saturated carbocycles. The molecule has 1 fully saturated rings. The number of aromatic nitrogens is 2. The Morgan fingerprint density at radius 2 is 1.76 bits per heavy atom. The number of rotatable bonds is 4. The molecule has 3 aliphatic rings. The Kier molecular flexibility index (Phi) is 5.17. The van der Waals surface area contributed by atoms with E-state index in [-0.39, 0.29) is 24.1 Å². The van der Waals surface area contributed by atoms with Gasteiger partial charge in [-0.3, -0.25) is 29.2 Å². The molecule has 4 atom stereocenters. The monoisotopic (exact) mass is 517 g/mol. The number of fused-ring (bicyclic) bond motifs is 5. The van der Waals surface area contributed by atoms with Crippen LogP contribution in [0.1, 0.15) is 51.5 Å². The topological polar surface area (TPSA) is 126 Å². The smallest absolute Gasteiger partial charge is 0.262 e. The third kappa shape index (κ3) is 3.05. The summed E-state index contributed by atoms with van der Waals surface area (Å²) in [4.78, 5) is 47.5. The number of ether oxygens (including phenoxy) is 1. The number of para-hydroxylation sites is 2. The van der Waals surface area contributed by atoms with Crippen molar-refractivity contribution >= 4 is 28.4 Å². The van der Waals surface area contributed by atoms with Crippen molar-refractivity contribution < 1.29 is 19.4 Å². The van der Waals surface area contributed by atoms with Crippen LogP contribution in [-0.2, 0) is 25.7 Å². The summed E-state index contributed by atoms with van der Waals surface area (Å²) >= 11 is 0. The molecular weight excluding hydrogens is 486 g/mol. The van der Waals surface area contributed by atoms with E-state index in [0.29, 0.717) is 22.2 Å². The largest absolute Gasteiger partial charge is 0.381 e. The molecule has 0 aliphatic carbocycles. The van der Waals surface area contributed by atoms with Crippen LogP contribution in [0.15, 0.2) is 53.3 Å². The fourth-order valence-corrected chi connectivity index (χ4v) is 6.28. The van der Waals surface area contributed by atoms with Crippen molar-refractivity contribution in [1.82, 2.24) is 20.2 Å². The predicted molar refractivity (Wildman–Crippen MR) is 140 cm³/mol. The van der Waals surface area contributed by atoms with Gasteiger partial charge in [0.15, 0.2) is 5.82 Å². The molecule has 38 heavy (non-hydrogen) atoms. The van der Waals surface area contributed by atoms with Gasteiger partial charge in [0, 0.05) is 25.0 Å². The maximum atomic E-state index is 14.0. The van der Waals surface area contributed by atoms with E-state index in [0.717, 1.165) is 0 Å². The Hall–Kier alpha value is -3.60. The van der Waals surface area contributed by atoms with Crippen LogP contribution in [0, 0.1) is 5.92 Å². The molecular formula is C28H31N5O5. The van der Waals surface area contributed by atoms with Crippen molar-refractivity contribution in [3.8, 4) is 0 Å². The lowest BCUT2D eigenvalue weighted by Crippen LogP contribution is -2.62. The molecule has 0 bridgehead atoms. The van der Waals surface area contributed by atoms with Gasteiger partial charge in [0.2, 0.25) is 17.5 Å². The highest BCUT2D eigenvalue weighted by atomic mass is 16.5. The molecule has 1 aromatic heterocycles. The van der Waals surface area contributed by atoms with Crippen molar-refractivity contribution in [2.24, 2.45) is 5.92 Å². The summed E-state index contributed by atoms with van der Waals surface area (Å²) < 4.78 is 7.24. The second kappa shape index (κ2) is 7.95. The van der Waals surface area contributed by atoms with Crippen LogP contribution >= 0.6 is 0 Å². The summed E-state index contributed by atoms with van der Waals surface area (Å²) in [6, 6.07) is 13.0. The SMILES string of the molecule is CO[C@]1(C(C)C)NC(=O)[C@@H](C[C@]2(O)c3ccccc3N3C(=O)C(C)(C)N[C@H]32)n2c1nc1ccccc1c2=O. The zero-order chi connectivity index (χ0) is 27.2. The number of nitrogens with zero attached hydrogens (tertiary/aromatic N) is 3. The van der Waals surface area contributed by atoms with E-state index in [9.17, 15) is 19.5 Å². The fourth-order valence-electron chi connectivity index (χ4n) is 6.28. The molecule has 3 aliphatic heterocycles. The highest BCUT2D eigenvalue weighted by Crippen LogP contribution is 2.51. The molecule has 2 amide bonds. The summed E-state index contributed by atoms with van der Waals surface area (Å²) in [5.41, 5.74) is -2.74. The minimum Gasteiger partial charge on any atom is -0.381 e. The maximum Gasteiger partial charge on any atom is 0.262 e. The zero-order valence-corrected chi connectivity index (χ0v) is 22.0. The molecule has 198 valence electrons. The van der Waals surface area contributed by atoms with Gasteiger partial charge in [-0.15, -0.1) is 0 Å². The van der Waals surface area contributed by atoms with E-state index in [1.54, 1.807) is 67.3 Å². The molecule has 0 radical (unpaired) electrons. The minimum atomic E-state index is -1.67. The Bertz CT molecular complexity index is 1560. The molecule has 4 heterocycles. The number of amides is 2. The van der Waals surface area contributed by atoms with Gasteiger partial charge < -0.3 is 15.2 Å². The summed E-state index contributed by atoms with van der Waals surface area (Å²) in [5, 5.41) is 19.0. The van der Waals surface area contributed by atoms with Crippen molar-refractivity contribution in [3.05, 3.63) is 70.3 Å². The molecule has 1 saturated heterocycles. The fraction of sp³-hybridized carbons (Fsp3) is 0.429. The number of nitrogens with one attached hydrogen (secondary N) is 2. The normalized spacial score (nSPS) is 29.4. The lowest BCUT2D eigenvalue weighted by molar-refractivity contribution is -0.154. The van der Waals surface area contributed by atoms with Crippen LogP contribution in [0.2, 0.25) is 0 Å². The minimum absolute atomic E-state index is 0.168. The number of methoxy groups -OCH3 is 1. The van der Waals surface area contributed by atoms with Gasteiger partial charge in [-0.25, -0.2) is 4.98 Å². The summed E-state index contributed by atoms with van der Waals surface area (Å²) in [6.07, 6.45) is -0.986. The quantitative estimate of drug-likeness (QED) is 0.482. The maximum absolute atomic E-state index is 14.0. The standard InChI is InChI=1S/C28H31N5O5/c1-15(2)28(38-5)24-29-18-12-8-6-10-16(18)22(35)32(24)20(21(34)30-28)14-27(37)17-11-7-9-13-19(17)33-23(27)31-26(3,4)25(33)36/h6-13,15,20,23,31,37H,14H2,1-5H3,(H,30,34)/t20-,23-,27+,28+/m1/s1. The Labute approximate surface area is 219 Å². The molecule has 10 heteroatoms. The third-order valence-electron chi connectivity index (χ3n) is 8.29. The van der Waals surface area contributed by atoms with Crippen molar-refractivity contribution in [3.63, 3.8) is 0 Å². The van der Waals surface area contributed by atoms with E-state index in [2.05, 4.69) is 10.6 Å². The summed E-state index contributed by atoms with van der Waals surface area (Å²) in [5.74, 6) is -0.647. The van der Waals surface area contributed by atoms with Crippen LogP contribution in [0.5, 0.6) is 0 Å². The lowest BCUT2D eigenvalue weighted by atomic mass is 9.84. The number of carbonyl (C=O) groups excluding carboxylic acids is 2. The van der Waals surface area contributed by atoms with E-state index in [1.807, 2.05) is 13.8 Å². The first-order valence-electron chi connectivity index (χ1n) is 12.8. The molecule has 2 aromatic carbocycles. The Balaban J connectivity index is 1.57. The number of hydrogen-bond acceptors (Lipinski definition) is 7. The third-order valence-corrected chi connectivity index (χ3v) is 8.29. The average molecular weight is 518 g/mol. The highest BCUT2D eigenvalue weighted by Gasteiger charge is 2.62. The number of hydrogen-bond donors (Lipinski definition) is 3. The summed E-state index contributed by atoms with van der Waals surface area (Å²) in [7, 11) is 1.47. The lowest BCUT2D eigenvalue weighted by Gasteiger charge is -2.45. The van der Waals surface area contributed by atoms with E-state index >= 15 is 0 Å². The molecule has 3 N–H and O–H groups in total. The average Bonchev–Trinajstić information content (AvgIpc) is 3.27. The van der Waals surface area contributed by atoms with Crippen molar-refractivity contribution in [2.45, 2.75) is 63.2 Å². The predicted octanol–water partition coefficient (Wildman–Crippen LogP) is 1.85. The summed E-state index contributed by atoms with van der Waals surface area (Å²) in [6.45, 7) is 7.28. The first-order valence-corrected chi connectivity index (χ1v) is 12.8. The van der Waals surface area contributed by atoms with Crippen LogP contribution in [0.25, 0.3) is 10.9 Å².